The van der Waals surface area contributed by atoms with Gasteiger partial charge < -0.3 is 15.1 Å². The van der Waals surface area contributed by atoms with E-state index >= 15 is 0 Å². The first-order chi connectivity index (χ1) is 13.1. The maximum Gasteiger partial charge on any atom is 0.256 e. The van der Waals surface area contributed by atoms with Gasteiger partial charge in [0.15, 0.2) is 0 Å². The number of nitrogens with one attached hydrogen (secondary N) is 1. The van der Waals surface area contributed by atoms with E-state index in [2.05, 4.69) is 10.3 Å². The second-order valence-corrected chi connectivity index (χ2v) is 7.60. The van der Waals surface area contributed by atoms with Crippen molar-refractivity contribution in [2.45, 2.75) is 25.3 Å². The number of anilines is 1. The Labute approximate surface area is 161 Å². The SMILES string of the molecule is O=C(CN1C(=O)C2CCCN2C(=O)c2ccccc21)NCCc1nccs1. The lowest BCUT2D eigenvalue weighted by Crippen LogP contribution is -2.48. The number of carbonyl (C=O) groups is 3. The molecule has 0 radical (unpaired) electrons. The van der Waals surface area contributed by atoms with Crippen molar-refractivity contribution in [1.29, 1.82) is 0 Å². The van der Waals surface area contributed by atoms with Gasteiger partial charge in [0.2, 0.25) is 11.8 Å². The van der Waals surface area contributed by atoms with E-state index in [0.29, 0.717) is 37.2 Å². The summed E-state index contributed by atoms with van der Waals surface area (Å²) in [5.74, 6) is -0.553. The van der Waals surface area contributed by atoms with Gasteiger partial charge in [-0.15, -0.1) is 11.3 Å². The Morgan fingerprint density at radius 1 is 1.30 bits per heavy atom. The van der Waals surface area contributed by atoms with Gasteiger partial charge in [-0.2, -0.15) is 0 Å². The largest absolute Gasteiger partial charge is 0.354 e. The van der Waals surface area contributed by atoms with E-state index in [1.165, 1.54) is 4.90 Å². The fourth-order valence-corrected chi connectivity index (χ4v) is 4.28. The van der Waals surface area contributed by atoms with E-state index in [-0.39, 0.29) is 24.3 Å². The number of fused-ring (bicyclic) bond motifs is 2. The molecule has 1 aromatic heterocycles. The number of rotatable bonds is 5. The highest BCUT2D eigenvalue weighted by Crippen LogP contribution is 2.32. The van der Waals surface area contributed by atoms with E-state index in [0.717, 1.165) is 11.4 Å². The molecule has 3 amide bonds. The van der Waals surface area contributed by atoms with Crippen LogP contribution in [0.5, 0.6) is 0 Å². The van der Waals surface area contributed by atoms with Crippen LogP contribution in [0.4, 0.5) is 5.69 Å². The second kappa shape index (κ2) is 7.48. The minimum atomic E-state index is -0.479. The number of hydrogen-bond donors (Lipinski definition) is 1. The molecule has 4 rings (SSSR count). The Bertz CT molecular complexity index is 868. The monoisotopic (exact) mass is 384 g/mol. The normalized spacial score (nSPS) is 18.9. The van der Waals surface area contributed by atoms with Crippen LogP contribution in [0.15, 0.2) is 35.8 Å². The molecule has 1 N–H and O–H groups in total. The zero-order chi connectivity index (χ0) is 18.8. The third-order valence-electron chi connectivity index (χ3n) is 4.94. The first kappa shape index (κ1) is 17.7. The van der Waals surface area contributed by atoms with Crippen molar-refractivity contribution < 1.29 is 14.4 Å². The highest BCUT2D eigenvalue weighted by molar-refractivity contribution is 7.09. The molecule has 0 spiro atoms. The van der Waals surface area contributed by atoms with Crippen LogP contribution in [-0.4, -0.2) is 53.3 Å². The Morgan fingerprint density at radius 3 is 2.96 bits per heavy atom. The summed E-state index contributed by atoms with van der Waals surface area (Å²) >= 11 is 1.54. The number of carbonyl (C=O) groups excluding carboxylic acids is 3. The maximum absolute atomic E-state index is 13.1. The van der Waals surface area contributed by atoms with Crippen molar-refractivity contribution in [1.82, 2.24) is 15.2 Å². The fraction of sp³-hybridized carbons (Fsp3) is 0.368. The molecular formula is C19H20N4O3S. The third kappa shape index (κ3) is 3.44. The zero-order valence-corrected chi connectivity index (χ0v) is 15.6. The van der Waals surface area contributed by atoms with Crippen LogP contribution in [0.1, 0.15) is 28.2 Å². The van der Waals surface area contributed by atoms with E-state index in [1.54, 1.807) is 46.7 Å². The fourth-order valence-electron chi connectivity index (χ4n) is 3.66. The van der Waals surface area contributed by atoms with Crippen LogP contribution in [0.2, 0.25) is 0 Å². The van der Waals surface area contributed by atoms with Gasteiger partial charge in [0.05, 0.1) is 16.3 Å². The molecule has 0 aliphatic carbocycles. The molecule has 27 heavy (non-hydrogen) atoms. The predicted molar refractivity (Wildman–Crippen MR) is 102 cm³/mol. The molecule has 1 unspecified atom stereocenters. The highest BCUT2D eigenvalue weighted by atomic mass is 32.1. The van der Waals surface area contributed by atoms with Crippen LogP contribution >= 0.6 is 11.3 Å². The Hall–Kier alpha value is -2.74. The number of aromatic nitrogens is 1. The topological polar surface area (TPSA) is 82.6 Å². The van der Waals surface area contributed by atoms with Gasteiger partial charge in [-0.05, 0) is 25.0 Å². The molecule has 0 bridgehead atoms. The van der Waals surface area contributed by atoms with Gasteiger partial charge in [0.1, 0.15) is 12.6 Å². The maximum atomic E-state index is 13.1. The smallest absolute Gasteiger partial charge is 0.256 e. The minimum absolute atomic E-state index is 0.0919. The molecule has 2 aromatic rings. The van der Waals surface area contributed by atoms with Gasteiger partial charge in [-0.25, -0.2) is 4.98 Å². The van der Waals surface area contributed by atoms with Crippen LogP contribution in [-0.2, 0) is 16.0 Å². The lowest BCUT2D eigenvalue weighted by Gasteiger charge is -2.25. The molecule has 8 heteroatoms. The summed E-state index contributed by atoms with van der Waals surface area (Å²) in [6.07, 6.45) is 3.83. The summed E-state index contributed by atoms with van der Waals surface area (Å²) in [6, 6.07) is 6.54. The summed E-state index contributed by atoms with van der Waals surface area (Å²) in [5, 5.41) is 5.70. The standard InChI is InChI=1S/C19H20N4O3S/c24-16(20-8-7-17-21-9-11-27-17)12-23-14-5-2-1-4-13(14)18(25)22-10-3-6-15(22)19(23)26/h1-2,4-5,9,11,15H,3,6-8,10,12H2,(H,20,24). The van der Waals surface area contributed by atoms with E-state index < -0.39 is 6.04 Å². The van der Waals surface area contributed by atoms with Gasteiger partial charge in [0, 0.05) is 31.1 Å². The van der Waals surface area contributed by atoms with Crippen LogP contribution in [0.3, 0.4) is 0 Å². The first-order valence-electron chi connectivity index (χ1n) is 9.01. The summed E-state index contributed by atoms with van der Waals surface area (Å²) in [4.78, 5) is 45.7. The van der Waals surface area contributed by atoms with Crippen LogP contribution < -0.4 is 10.2 Å². The van der Waals surface area contributed by atoms with Crippen LogP contribution in [0, 0.1) is 0 Å². The number of amides is 3. The molecule has 1 fully saturated rings. The number of para-hydroxylation sites is 1. The number of nitrogens with zero attached hydrogens (tertiary/aromatic N) is 3. The predicted octanol–water partition coefficient (Wildman–Crippen LogP) is 1.45. The van der Waals surface area contributed by atoms with Crippen molar-refractivity contribution in [2.75, 3.05) is 24.5 Å². The molecule has 2 aliphatic rings. The lowest BCUT2D eigenvalue weighted by atomic mass is 10.1. The summed E-state index contributed by atoms with van der Waals surface area (Å²) < 4.78 is 0. The van der Waals surface area contributed by atoms with Crippen molar-refractivity contribution in [3.05, 3.63) is 46.4 Å². The van der Waals surface area contributed by atoms with Gasteiger partial charge in [-0.1, -0.05) is 12.1 Å². The zero-order valence-electron chi connectivity index (χ0n) is 14.8. The molecular weight excluding hydrogens is 364 g/mol. The van der Waals surface area contributed by atoms with E-state index in [1.807, 2.05) is 5.38 Å². The van der Waals surface area contributed by atoms with Crippen molar-refractivity contribution >= 4 is 34.7 Å². The lowest BCUT2D eigenvalue weighted by molar-refractivity contribution is -0.125. The first-order valence-corrected chi connectivity index (χ1v) is 9.89. The highest BCUT2D eigenvalue weighted by Gasteiger charge is 2.42. The quantitative estimate of drug-likeness (QED) is 0.846. The molecule has 2 aliphatic heterocycles. The number of hydrogen-bond acceptors (Lipinski definition) is 5. The molecule has 7 nitrogen and oxygen atoms in total. The Balaban J connectivity index is 1.51. The van der Waals surface area contributed by atoms with E-state index in [4.69, 9.17) is 0 Å². The van der Waals surface area contributed by atoms with E-state index in [9.17, 15) is 14.4 Å². The minimum Gasteiger partial charge on any atom is -0.354 e. The molecule has 140 valence electrons. The van der Waals surface area contributed by atoms with Crippen molar-refractivity contribution in [2.24, 2.45) is 0 Å². The van der Waals surface area contributed by atoms with Gasteiger partial charge in [-0.3, -0.25) is 14.4 Å². The average Bonchev–Trinajstić information content (AvgIpc) is 3.35. The second-order valence-electron chi connectivity index (χ2n) is 6.62. The van der Waals surface area contributed by atoms with Crippen molar-refractivity contribution in [3.63, 3.8) is 0 Å². The summed E-state index contributed by atoms with van der Waals surface area (Å²) in [6.45, 7) is 0.952. The third-order valence-corrected chi connectivity index (χ3v) is 5.78. The van der Waals surface area contributed by atoms with Crippen molar-refractivity contribution in [3.8, 4) is 0 Å². The van der Waals surface area contributed by atoms with Gasteiger partial charge >= 0.3 is 0 Å². The Kier molecular flexibility index (Phi) is 4.89. The van der Waals surface area contributed by atoms with Crippen LogP contribution in [0.25, 0.3) is 0 Å². The number of thiazole rings is 1. The average molecular weight is 384 g/mol. The summed E-state index contributed by atoms with van der Waals surface area (Å²) in [5.41, 5.74) is 0.989. The van der Waals surface area contributed by atoms with Gasteiger partial charge in [0.25, 0.3) is 5.91 Å². The molecule has 3 heterocycles. The molecule has 0 saturated carbocycles. The molecule has 1 saturated heterocycles. The molecule has 1 aromatic carbocycles. The Morgan fingerprint density at radius 2 is 2.15 bits per heavy atom. The number of benzene rings is 1. The summed E-state index contributed by atoms with van der Waals surface area (Å²) in [7, 11) is 0. The molecule has 1 atom stereocenters.